The molecule has 0 aromatic heterocycles. The normalized spacial score (nSPS) is 21.5. The topological polar surface area (TPSA) is 66.8 Å². The van der Waals surface area contributed by atoms with E-state index in [4.69, 9.17) is 4.74 Å². The summed E-state index contributed by atoms with van der Waals surface area (Å²) in [6.45, 7) is 6.06. The van der Waals surface area contributed by atoms with E-state index in [-0.39, 0.29) is 18.5 Å². The lowest BCUT2D eigenvalue weighted by Crippen LogP contribution is -2.47. The molecule has 0 radical (unpaired) electrons. The molecule has 2 atom stereocenters. The van der Waals surface area contributed by atoms with E-state index in [9.17, 15) is 14.7 Å². The molecule has 0 bridgehead atoms. The number of amides is 1. The number of nitrogens with zero attached hydrogens (tertiary/aromatic N) is 1. The van der Waals surface area contributed by atoms with Gasteiger partial charge in [-0.05, 0) is 56.9 Å². The van der Waals surface area contributed by atoms with Crippen LogP contribution in [0.5, 0.6) is 5.75 Å². The Balaban J connectivity index is 2.28. The molecule has 5 heteroatoms. The minimum Gasteiger partial charge on any atom is -0.496 e. The van der Waals surface area contributed by atoms with Gasteiger partial charge < -0.3 is 14.7 Å². The summed E-state index contributed by atoms with van der Waals surface area (Å²) in [5.41, 5.74) is 2.41. The number of aliphatic carboxylic acids is 1. The lowest BCUT2D eigenvalue weighted by molar-refractivity contribution is -0.143. The lowest BCUT2D eigenvalue weighted by atomic mass is 9.92. The third kappa shape index (κ3) is 3.08. The summed E-state index contributed by atoms with van der Waals surface area (Å²) >= 11 is 0. The van der Waals surface area contributed by atoms with Crippen LogP contribution >= 0.6 is 0 Å². The van der Waals surface area contributed by atoms with Crippen LogP contribution in [-0.4, -0.2) is 41.6 Å². The molecule has 2 rings (SSSR count). The zero-order valence-electron chi connectivity index (χ0n) is 13.5. The number of likely N-dealkylation sites (tertiary alicyclic amines) is 1. The number of hydrogen-bond acceptors (Lipinski definition) is 3. The van der Waals surface area contributed by atoms with Gasteiger partial charge in [0.05, 0.1) is 13.0 Å². The van der Waals surface area contributed by atoms with Crippen molar-refractivity contribution >= 4 is 11.9 Å². The summed E-state index contributed by atoms with van der Waals surface area (Å²) in [6, 6.07) is 3.68. The van der Waals surface area contributed by atoms with Crippen molar-refractivity contribution in [3.05, 3.63) is 28.8 Å². The summed E-state index contributed by atoms with van der Waals surface area (Å²) in [5.74, 6) is -0.619. The van der Waals surface area contributed by atoms with Crippen molar-refractivity contribution in [2.24, 2.45) is 5.92 Å². The minimum atomic E-state index is -0.827. The highest BCUT2D eigenvalue weighted by Crippen LogP contribution is 2.28. The van der Waals surface area contributed by atoms with Crippen molar-refractivity contribution in [2.75, 3.05) is 13.7 Å². The molecule has 1 saturated heterocycles. The first kappa shape index (κ1) is 16.3. The fourth-order valence-electron chi connectivity index (χ4n) is 3.15. The Labute approximate surface area is 130 Å². The predicted molar refractivity (Wildman–Crippen MR) is 83.3 cm³/mol. The van der Waals surface area contributed by atoms with Gasteiger partial charge in [0.15, 0.2) is 0 Å². The summed E-state index contributed by atoms with van der Waals surface area (Å²) < 4.78 is 5.32. The van der Waals surface area contributed by atoms with Crippen LogP contribution in [0.15, 0.2) is 12.1 Å². The molecule has 120 valence electrons. The molecule has 1 N–H and O–H groups in total. The number of methoxy groups -OCH3 is 1. The summed E-state index contributed by atoms with van der Waals surface area (Å²) in [5, 5.41) is 9.20. The van der Waals surface area contributed by atoms with Crippen molar-refractivity contribution in [1.29, 1.82) is 0 Å². The number of carbonyl (C=O) groups excluding carboxylic acids is 1. The van der Waals surface area contributed by atoms with E-state index >= 15 is 0 Å². The van der Waals surface area contributed by atoms with Crippen molar-refractivity contribution in [3.8, 4) is 5.75 Å². The molecule has 0 aliphatic carbocycles. The third-order valence-electron chi connectivity index (χ3n) is 4.40. The second-order valence-corrected chi connectivity index (χ2v) is 6.06. The molecule has 22 heavy (non-hydrogen) atoms. The Kier molecular flexibility index (Phi) is 4.74. The third-order valence-corrected chi connectivity index (χ3v) is 4.40. The first-order valence-corrected chi connectivity index (χ1v) is 7.54. The summed E-state index contributed by atoms with van der Waals surface area (Å²) in [7, 11) is 1.61. The fourth-order valence-corrected chi connectivity index (χ4v) is 3.15. The number of hydrogen-bond donors (Lipinski definition) is 1. The summed E-state index contributed by atoms with van der Waals surface area (Å²) in [4.78, 5) is 25.7. The Morgan fingerprint density at radius 2 is 1.82 bits per heavy atom. The minimum absolute atomic E-state index is 0.0609. The van der Waals surface area contributed by atoms with Crippen LogP contribution in [0.25, 0.3) is 0 Å². The average molecular weight is 305 g/mol. The Hall–Kier alpha value is -2.04. The Bertz CT molecular complexity index is 573. The molecule has 0 saturated carbocycles. The second-order valence-electron chi connectivity index (χ2n) is 6.06. The molecule has 0 spiro atoms. The molecule has 1 aromatic rings. The zero-order chi connectivity index (χ0) is 16.4. The molecule has 1 heterocycles. The second kappa shape index (κ2) is 6.38. The van der Waals surface area contributed by atoms with Crippen LogP contribution < -0.4 is 4.74 Å². The van der Waals surface area contributed by atoms with Crippen LogP contribution in [0.2, 0.25) is 0 Å². The molecule has 2 unspecified atom stereocenters. The van der Waals surface area contributed by atoms with E-state index in [0.717, 1.165) is 23.3 Å². The quantitative estimate of drug-likeness (QED) is 0.932. The number of carboxylic acids is 1. The largest absolute Gasteiger partial charge is 0.496 e. The fraction of sp³-hybridized carbons (Fsp3) is 0.529. The first-order valence-electron chi connectivity index (χ1n) is 7.54. The Morgan fingerprint density at radius 1 is 1.23 bits per heavy atom. The van der Waals surface area contributed by atoms with E-state index in [2.05, 4.69) is 0 Å². The highest BCUT2D eigenvalue weighted by atomic mass is 16.5. The zero-order valence-corrected chi connectivity index (χ0v) is 13.5. The molecule has 1 fully saturated rings. The van der Waals surface area contributed by atoms with Gasteiger partial charge in [-0.25, -0.2) is 0 Å². The smallest absolute Gasteiger partial charge is 0.308 e. The van der Waals surface area contributed by atoms with Crippen LogP contribution in [0.1, 0.15) is 41.3 Å². The van der Waals surface area contributed by atoms with E-state index in [0.29, 0.717) is 12.0 Å². The van der Waals surface area contributed by atoms with Crippen molar-refractivity contribution in [3.63, 3.8) is 0 Å². The van der Waals surface area contributed by atoms with Crippen LogP contribution in [0.4, 0.5) is 0 Å². The Morgan fingerprint density at radius 3 is 2.32 bits per heavy atom. The highest BCUT2D eigenvalue weighted by molar-refractivity contribution is 5.95. The first-order chi connectivity index (χ1) is 10.3. The van der Waals surface area contributed by atoms with Crippen molar-refractivity contribution in [2.45, 2.75) is 39.7 Å². The van der Waals surface area contributed by atoms with Gasteiger partial charge in [0.25, 0.3) is 5.91 Å². The number of aryl methyl sites for hydroxylation is 2. The van der Waals surface area contributed by atoms with E-state index in [1.807, 2.05) is 32.9 Å². The maximum absolute atomic E-state index is 12.8. The predicted octanol–water partition coefficient (Wildman–Crippen LogP) is 2.64. The van der Waals surface area contributed by atoms with Crippen LogP contribution in [-0.2, 0) is 4.79 Å². The van der Waals surface area contributed by atoms with Crippen LogP contribution in [0, 0.1) is 19.8 Å². The number of carboxylic acid groups (broad SMARTS) is 1. The lowest BCUT2D eigenvalue weighted by Gasteiger charge is -2.36. The van der Waals surface area contributed by atoms with Gasteiger partial charge in [-0.2, -0.15) is 0 Å². The molecule has 1 aliphatic heterocycles. The van der Waals surface area contributed by atoms with Gasteiger partial charge in [-0.15, -0.1) is 0 Å². The molecule has 1 amide bonds. The van der Waals surface area contributed by atoms with Gasteiger partial charge in [0.1, 0.15) is 5.75 Å². The number of rotatable bonds is 3. The van der Waals surface area contributed by atoms with Gasteiger partial charge in [0, 0.05) is 18.2 Å². The van der Waals surface area contributed by atoms with E-state index in [1.165, 1.54) is 0 Å². The van der Waals surface area contributed by atoms with E-state index in [1.54, 1.807) is 12.0 Å². The average Bonchev–Trinajstić information content (AvgIpc) is 2.46. The van der Waals surface area contributed by atoms with Gasteiger partial charge >= 0.3 is 5.97 Å². The van der Waals surface area contributed by atoms with Gasteiger partial charge in [-0.1, -0.05) is 0 Å². The SMILES string of the molecule is COc1c(C)cc(C(=O)N2CC(C(=O)O)CCC2C)cc1C. The van der Waals surface area contributed by atoms with Crippen molar-refractivity contribution in [1.82, 2.24) is 4.90 Å². The van der Waals surface area contributed by atoms with Gasteiger partial charge in [0.2, 0.25) is 0 Å². The summed E-state index contributed by atoms with van der Waals surface area (Å²) in [6.07, 6.45) is 1.35. The maximum Gasteiger partial charge on any atom is 0.308 e. The monoisotopic (exact) mass is 305 g/mol. The van der Waals surface area contributed by atoms with Gasteiger partial charge in [-0.3, -0.25) is 9.59 Å². The highest BCUT2D eigenvalue weighted by Gasteiger charge is 2.33. The van der Waals surface area contributed by atoms with Crippen LogP contribution in [0.3, 0.4) is 0 Å². The standard InChI is InChI=1S/C17H23NO4/c1-10-7-14(8-11(2)15(10)22-4)16(19)18-9-13(17(20)21)6-5-12(18)3/h7-8,12-13H,5-6,9H2,1-4H3,(H,20,21). The number of carbonyl (C=O) groups is 2. The number of benzene rings is 1. The van der Waals surface area contributed by atoms with Crippen molar-refractivity contribution < 1.29 is 19.4 Å². The molecule has 5 nitrogen and oxygen atoms in total. The molecular formula is C17H23NO4. The molecular weight excluding hydrogens is 282 g/mol. The molecule has 1 aliphatic rings. The molecule has 1 aromatic carbocycles. The van der Waals surface area contributed by atoms with E-state index < -0.39 is 11.9 Å². The maximum atomic E-state index is 12.8. The number of piperidine rings is 1. The number of ether oxygens (including phenoxy) is 1.